The molecule has 3 atom stereocenters. The lowest BCUT2D eigenvalue weighted by atomic mass is 9.95. The average Bonchev–Trinajstić information content (AvgIpc) is 2.96. The molecule has 0 bridgehead atoms. The molecule has 1 rings (SSSR count). The van der Waals surface area contributed by atoms with Crippen LogP contribution in [0.1, 0.15) is 70.7 Å². The van der Waals surface area contributed by atoms with E-state index in [1.807, 2.05) is 24.3 Å². The summed E-state index contributed by atoms with van der Waals surface area (Å²) in [6.07, 6.45) is 1.68. The third kappa shape index (κ3) is 6.77. The molecule has 1 aromatic rings. The Morgan fingerprint density at radius 3 is 2.40 bits per heavy atom. The number of hydrogen-bond acceptors (Lipinski definition) is 5. The number of thiazole rings is 1. The van der Waals surface area contributed by atoms with Gasteiger partial charge in [0, 0.05) is 43.9 Å². The fourth-order valence-electron chi connectivity index (χ4n) is 2.79. The van der Waals surface area contributed by atoms with Gasteiger partial charge in [-0.25, -0.2) is 4.98 Å². The smallest absolute Gasteiger partial charge is 0.303 e. The first-order valence-electron chi connectivity index (χ1n) is 9.00. The van der Waals surface area contributed by atoms with E-state index >= 15 is 0 Å². The van der Waals surface area contributed by atoms with Crippen molar-refractivity contribution in [3.8, 4) is 0 Å². The Bertz CT molecular complexity index is 571. The molecule has 0 aromatic carbocycles. The number of amides is 1. The van der Waals surface area contributed by atoms with E-state index in [2.05, 4.69) is 32.7 Å². The number of rotatable bonds is 9. The molecule has 1 heterocycles. The summed E-state index contributed by atoms with van der Waals surface area (Å²) >= 11 is 1.50. The lowest BCUT2D eigenvalue weighted by Gasteiger charge is -2.34. The molecule has 0 fully saturated rings. The highest BCUT2D eigenvalue weighted by molar-refractivity contribution is 7.09. The van der Waals surface area contributed by atoms with Gasteiger partial charge in [-0.15, -0.1) is 11.3 Å². The molecule has 0 aliphatic carbocycles. The van der Waals surface area contributed by atoms with Crippen LogP contribution in [0.15, 0.2) is 5.38 Å². The minimum absolute atomic E-state index is 0.00916. The fourth-order valence-corrected chi connectivity index (χ4v) is 3.62. The number of aryl methyl sites for hydroxylation is 1. The second-order valence-corrected chi connectivity index (χ2v) is 8.08. The maximum atomic E-state index is 12.6. The Labute approximate surface area is 155 Å². The monoisotopic (exact) mass is 368 g/mol. The molecule has 0 N–H and O–H groups in total. The van der Waals surface area contributed by atoms with Gasteiger partial charge < -0.3 is 9.64 Å². The molecule has 0 radical (unpaired) electrons. The topological polar surface area (TPSA) is 59.5 Å². The van der Waals surface area contributed by atoms with E-state index in [-0.39, 0.29) is 23.8 Å². The van der Waals surface area contributed by atoms with Gasteiger partial charge in [0.2, 0.25) is 5.91 Å². The summed E-state index contributed by atoms with van der Waals surface area (Å²) in [6.45, 7) is 11.7. The summed E-state index contributed by atoms with van der Waals surface area (Å²) in [6, 6.07) is -0.00916. The van der Waals surface area contributed by atoms with E-state index in [1.54, 1.807) is 0 Å². The van der Waals surface area contributed by atoms with Crippen molar-refractivity contribution in [2.75, 3.05) is 7.05 Å². The van der Waals surface area contributed by atoms with Crippen LogP contribution >= 0.6 is 11.3 Å². The van der Waals surface area contributed by atoms with Crippen LogP contribution in [0.5, 0.6) is 0 Å². The van der Waals surface area contributed by atoms with Crippen LogP contribution in [-0.4, -0.2) is 34.8 Å². The van der Waals surface area contributed by atoms with Gasteiger partial charge in [-0.2, -0.15) is 0 Å². The minimum atomic E-state index is -0.414. The van der Waals surface area contributed by atoms with Gasteiger partial charge in [-0.05, 0) is 18.8 Å². The summed E-state index contributed by atoms with van der Waals surface area (Å²) in [4.78, 5) is 30.5. The molecule has 6 heteroatoms. The molecule has 1 aromatic heterocycles. The Balaban J connectivity index is 2.94. The van der Waals surface area contributed by atoms with Crippen molar-refractivity contribution in [1.82, 2.24) is 9.88 Å². The fraction of sp³-hybridized carbons (Fsp3) is 0.737. The Hall–Kier alpha value is -1.43. The summed E-state index contributed by atoms with van der Waals surface area (Å²) < 4.78 is 5.53. The molecule has 2 unspecified atom stereocenters. The SMILES string of the molecule is CC[C@H](C)CC(=O)N(C)C(CC(OC(C)=O)c1nc(C)cs1)C(C)C. The van der Waals surface area contributed by atoms with Gasteiger partial charge in [0.1, 0.15) is 5.01 Å². The van der Waals surface area contributed by atoms with Crippen LogP contribution in [0.4, 0.5) is 0 Å². The molecule has 0 saturated heterocycles. The normalized spacial score (nSPS) is 14.9. The largest absolute Gasteiger partial charge is 0.455 e. The lowest BCUT2D eigenvalue weighted by molar-refractivity contribution is -0.148. The van der Waals surface area contributed by atoms with E-state index in [4.69, 9.17) is 4.74 Å². The zero-order chi connectivity index (χ0) is 19.1. The molecule has 1 amide bonds. The maximum Gasteiger partial charge on any atom is 0.303 e. The van der Waals surface area contributed by atoms with Gasteiger partial charge in [-0.1, -0.05) is 34.1 Å². The van der Waals surface area contributed by atoms with Gasteiger partial charge in [0.25, 0.3) is 0 Å². The Kier molecular flexibility index (Phi) is 8.56. The summed E-state index contributed by atoms with van der Waals surface area (Å²) in [5.41, 5.74) is 0.916. The van der Waals surface area contributed by atoms with Crippen LogP contribution in [0, 0.1) is 18.8 Å². The van der Waals surface area contributed by atoms with Crippen molar-refractivity contribution in [2.24, 2.45) is 11.8 Å². The first-order valence-corrected chi connectivity index (χ1v) is 9.88. The summed E-state index contributed by atoms with van der Waals surface area (Å²) in [5.74, 6) is 0.442. The Morgan fingerprint density at radius 1 is 1.32 bits per heavy atom. The van der Waals surface area contributed by atoms with Crippen molar-refractivity contribution < 1.29 is 14.3 Å². The van der Waals surface area contributed by atoms with E-state index in [1.165, 1.54) is 18.3 Å². The van der Waals surface area contributed by atoms with Gasteiger partial charge in [0.15, 0.2) is 6.10 Å². The third-order valence-corrected chi connectivity index (χ3v) is 5.61. The standard InChI is InChI=1S/C19H32N2O3S/c1-8-13(4)9-18(23)21(7)16(12(2)3)10-17(24-15(6)22)19-20-14(5)11-25-19/h11-13,16-17H,8-10H2,1-7H3/t13-,16?,17?/m0/s1. The van der Waals surface area contributed by atoms with Crippen molar-refractivity contribution >= 4 is 23.2 Å². The van der Waals surface area contributed by atoms with E-state index in [0.717, 1.165) is 17.1 Å². The second kappa shape index (κ2) is 9.90. The molecule has 0 aliphatic rings. The highest BCUT2D eigenvalue weighted by Crippen LogP contribution is 2.30. The molecule has 5 nitrogen and oxygen atoms in total. The summed E-state index contributed by atoms with van der Waals surface area (Å²) in [7, 11) is 1.85. The van der Waals surface area contributed by atoms with Crippen LogP contribution in [0.25, 0.3) is 0 Å². The predicted octanol–water partition coefficient (Wildman–Crippen LogP) is 4.37. The van der Waals surface area contributed by atoms with Gasteiger partial charge >= 0.3 is 5.97 Å². The van der Waals surface area contributed by atoms with Crippen molar-refractivity contribution in [3.63, 3.8) is 0 Å². The quantitative estimate of drug-likeness (QED) is 0.608. The summed E-state index contributed by atoms with van der Waals surface area (Å²) in [5, 5.41) is 2.75. The zero-order valence-corrected chi connectivity index (χ0v) is 17.4. The van der Waals surface area contributed by atoms with Crippen LogP contribution in [0.3, 0.4) is 0 Å². The van der Waals surface area contributed by atoms with Crippen LogP contribution in [-0.2, 0) is 14.3 Å². The molecular formula is C19H32N2O3S. The number of nitrogens with zero attached hydrogens (tertiary/aromatic N) is 2. The van der Waals surface area contributed by atoms with E-state index in [0.29, 0.717) is 18.8 Å². The van der Waals surface area contributed by atoms with E-state index in [9.17, 15) is 9.59 Å². The highest BCUT2D eigenvalue weighted by Gasteiger charge is 2.30. The van der Waals surface area contributed by atoms with Crippen LogP contribution in [0.2, 0.25) is 0 Å². The molecule has 0 aliphatic heterocycles. The van der Waals surface area contributed by atoms with Crippen molar-refractivity contribution in [1.29, 1.82) is 0 Å². The first kappa shape index (κ1) is 21.6. The molecule has 25 heavy (non-hydrogen) atoms. The second-order valence-electron chi connectivity index (χ2n) is 7.19. The molecular weight excluding hydrogens is 336 g/mol. The first-order chi connectivity index (χ1) is 11.6. The predicted molar refractivity (Wildman–Crippen MR) is 101 cm³/mol. The van der Waals surface area contributed by atoms with E-state index < -0.39 is 6.10 Å². The number of carbonyl (C=O) groups excluding carboxylic acids is 2. The number of carbonyl (C=O) groups is 2. The number of aromatic nitrogens is 1. The highest BCUT2D eigenvalue weighted by atomic mass is 32.1. The molecule has 142 valence electrons. The average molecular weight is 369 g/mol. The molecule has 0 spiro atoms. The van der Waals surface area contributed by atoms with Gasteiger partial charge in [0.05, 0.1) is 0 Å². The van der Waals surface area contributed by atoms with Crippen molar-refractivity contribution in [2.45, 2.75) is 73.0 Å². The third-order valence-electron chi connectivity index (χ3n) is 4.56. The Morgan fingerprint density at radius 2 is 1.96 bits per heavy atom. The van der Waals surface area contributed by atoms with Crippen LogP contribution < -0.4 is 0 Å². The van der Waals surface area contributed by atoms with Gasteiger partial charge in [-0.3, -0.25) is 9.59 Å². The lowest BCUT2D eigenvalue weighted by Crippen LogP contribution is -2.42. The maximum absolute atomic E-state index is 12.6. The minimum Gasteiger partial charge on any atom is -0.455 e. The number of ether oxygens (including phenoxy) is 1. The number of hydrogen-bond donors (Lipinski definition) is 0. The number of esters is 1. The van der Waals surface area contributed by atoms with Crippen molar-refractivity contribution in [3.05, 3.63) is 16.1 Å². The molecule has 0 saturated carbocycles. The zero-order valence-electron chi connectivity index (χ0n) is 16.5.